The molecule has 0 amide bonds. The van der Waals surface area contributed by atoms with Crippen LogP contribution in [0.15, 0.2) is 30.5 Å². The van der Waals surface area contributed by atoms with E-state index in [0.717, 1.165) is 36.5 Å². The second-order valence-corrected chi connectivity index (χ2v) is 4.34. The lowest BCUT2D eigenvalue weighted by Gasteiger charge is -2.18. The summed E-state index contributed by atoms with van der Waals surface area (Å²) in [7, 11) is 0. The number of halogens is 1. The molecule has 2 aromatic rings. The van der Waals surface area contributed by atoms with Crippen molar-refractivity contribution in [1.82, 2.24) is 9.55 Å². The van der Waals surface area contributed by atoms with Crippen LogP contribution in [0.2, 0.25) is 0 Å². The van der Waals surface area contributed by atoms with E-state index in [2.05, 4.69) is 4.98 Å². The van der Waals surface area contributed by atoms with Crippen LogP contribution in [0.4, 0.5) is 4.39 Å². The zero-order chi connectivity index (χ0) is 11.8. The van der Waals surface area contributed by atoms with Crippen LogP contribution in [0.25, 0.3) is 11.3 Å². The van der Waals surface area contributed by atoms with Crippen molar-refractivity contribution in [3.05, 3.63) is 42.1 Å². The monoisotopic (exact) mass is 232 g/mol. The molecule has 1 unspecified atom stereocenters. The summed E-state index contributed by atoms with van der Waals surface area (Å²) < 4.78 is 14.8. The third-order valence-electron chi connectivity index (χ3n) is 3.12. The first kappa shape index (κ1) is 10.5. The van der Waals surface area contributed by atoms with Gasteiger partial charge in [0.2, 0.25) is 0 Å². The molecule has 2 heterocycles. The predicted octanol–water partition coefficient (Wildman–Crippen LogP) is 2.52. The van der Waals surface area contributed by atoms with E-state index < -0.39 is 6.10 Å². The summed E-state index contributed by atoms with van der Waals surface area (Å²) >= 11 is 0. The van der Waals surface area contributed by atoms with Crippen molar-refractivity contribution in [2.75, 3.05) is 0 Å². The first-order valence-corrected chi connectivity index (χ1v) is 5.75. The van der Waals surface area contributed by atoms with Crippen LogP contribution in [0.1, 0.15) is 24.8 Å². The van der Waals surface area contributed by atoms with Crippen LogP contribution in [0, 0.1) is 5.82 Å². The summed E-state index contributed by atoms with van der Waals surface area (Å²) in [6.07, 6.45) is 3.18. The summed E-state index contributed by atoms with van der Waals surface area (Å²) in [5.74, 6) is 0.466. The predicted molar refractivity (Wildman–Crippen MR) is 61.8 cm³/mol. The molecule has 0 spiro atoms. The summed E-state index contributed by atoms with van der Waals surface area (Å²) in [4.78, 5) is 4.42. The molecular weight excluding hydrogens is 219 g/mol. The van der Waals surface area contributed by atoms with Gasteiger partial charge in [-0.1, -0.05) is 0 Å². The Labute approximate surface area is 98.5 Å². The molecule has 0 fully saturated rings. The fourth-order valence-corrected chi connectivity index (χ4v) is 2.22. The Balaban J connectivity index is 2.02. The van der Waals surface area contributed by atoms with E-state index in [-0.39, 0.29) is 5.82 Å². The van der Waals surface area contributed by atoms with Gasteiger partial charge in [-0.25, -0.2) is 9.37 Å². The van der Waals surface area contributed by atoms with Crippen LogP contribution < -0.4 is 0 Å². The van der Waals surface area contributed by atoms with Gasteiger partial charge in [-0.3, -0.25) is 0 Å². The van der Waals surface area contributed by atoms with Gasteiger partial charge >= 0.3 is 0 Å². The number of imidazole rings is 1. The van der Waals surface area contributed by atoms with Crippen LogP contribution >= 0.6 is 0 Å². The van der Waals surface area contributed by atoms with Crippen molar-refractivity contribution in [3.63, 3.8) is 0 Å². The van der Waals surface area contributed by atoms with E-state index in [1.807, 2.05) is 10.8 Å². The number of aliphatic hydroxyl groups is 1. The Kier molecular flexibility index (Phi) is 2.44. The number of aromatic nitrogens is 2. The van der Waals surface area contributed by atoms with Gasteiger partial charge in [-0.2, -0.15) is 0 Å². The van der Waals surface area contributed by atoms with Gasteiger partial charge < -0.3 is 9.67 Å². The molecule has 1 aromatic heterocycles. The Hall–Kier alpha value is -1.68. The molecule has 1 aliphatic heterocycles. The average molecular weight is 232 g/mol. The normalized spacial score (nSPS) is 19.1. The lowest BCUT2D eigenvalue weighted by molar-refractivity contribution is 0.134. The molecule has 0 saturated heterocycles. The molecule has 3 rings (SSSR count). The molecular formula is C13H13FN2O. The van der Waals surface area contributed by atoms with Gasteiger partial charge in [-0.15, -0.1) is 0 Å². The highest BCUT2D eigenvalue weighted by atomic mass is 19.1. The smallest absolute Gasteiger partial charge is 0.138 e. The minimum Gasteiger partial charge on any atom is -0.385 e. The number of hydrogen-bond acceptors (Lipinski definition) is 2. The third kappa shape index (κ3) is 1.85. The summed E-state index contributed by atoms with van der Waals surface area (Å²) in [6.45, 7) is 0.889. The van der Waals surface area contributed by atoms with Crippen molar-refractivity contribution in [1.29, 1.82) is 0 Å². The molecule has 1 N–H and O–H groups in total. The van der Waals surface area contributed by atoms with Gasteiger partial charge in [0, 0.05) is 18.3 Å². The maximum Gasteiger partial charge on any atom is 0.138 e. The van der Waals surface area contributed by atoms with Crippen molar-refractivity contribution >= 4 is 0 Å². The highest BCUT2D eigenvalue weighted by Crippen LogP contribution is 2.27. The first-order chi connectivity index (χ1) is 8.24. The summed E-state index contributed by atoms with van der Waals surface area (Å²) in [6, 6.07) is 6.25. The highest BCUT2D eigenvalue weighted by Gasteiger charge is 2.20. The van der Waals surface area contributed by atoms with Crippen LogP contribution in [-0.2, 0) is 6.54 Å². The quantitative estimate of drug-likeness (QED) is 0.820. The van der Waals surface area contributed by atoms with E-state index in [0.29, 0.717) is 0 Å². The molecule has 0 bridgehead atoms. The molecule has 17 heavy (non-hydrogen) atoms. The van der Waals surface area contributed by atoms with E-state index in [9.17, 15) is 9.50 Å². The molecule has 4 heteroatoms. The SMILES string of the molecule is OC1CCCn2cc(-c3ccc(F)cc3)nc21. The number of rotatable bonds is 1. The lowest BCUT2D eigenvalue weighted by Crippen LogP contribution is -2.14. The number of aliphatic hydroxyl groups excluding tert-OH is 1. The van der Waals surface area contributed by atoms with Crippen molar-refractivity contribution < 1.29 is 9.50 Å². The fraction of sp³-hybridized carbons (Fsp3) is 0.308. The molecule has 1 aromatic carbocycles. The number of hydrogen-bond donors (Lipinski definition) is 1. The Morgan fingerprint density at radius 1 is 1.29 bits per heavy atom. The van der Waals surface area contributed by atoms with Gasteiger partial charge in [0.15, 0.2) is 0 Å². The first-order valence-electron chi connectivity index (χ1n) is 5.75. The van der Waals surface area contributed by atoms with E-state index in [1.54, 1.807) is 12.1 Å². The number of fused-ring (bicyclic) bond motifs is 1. The molecule has 0 saturated carbocycles. The topological polar surface area (TPSA) is 38.0 Å². The Morgan fingerprint density at radius 3 is 2.76 bits per heavy atom. The minimum atomic E-state index is -0.474. The average Bonchev–Trinajstić information content (AvgIpc) is 2.75. The summed E-state index contributed by atoms with van der Waals surface area (Å²) in [5, 5.41) is 9.82. The second-order valence-electron chi connectivity index (χ2n) is 4.34. The highest BCUT2D eigenvalue weighted by molar-refractivity contribution is 5.58. The van der Waals surface area contributed by atoms with Gasteiger partial charge in [0.1, 0.15) is 17.7 Å². The van der Waals surface area contributed by atoms with Crippen LogP contribution in [0.5, 0.6) is 0 Å². The lowest BCUT2D eigenvalue weighted by atomic mass is 10.1. The second kappa shape index (κ2) is 3.96. The number of nitrogens with zero attached hydrogens (tertiary/aromatic N) is 2. The van der Waals surface area contributed by atoms with Gasteiger partial charge in [0.25, 0.3) is 0 Å². The molecule has 88 valence electrons. The number of benzene rings is 1. The number of aryl methyl sites for hydroxylation is 1. The van der Waals surface area contributed by atoms with E-state index >= 15 is 0 Å². The van der Waals surface area contributed by atoms with Crippen molar-refractivity contribution in [3.8, 4) is 11.3 Å². The zero-order valence-corrected chi connectivity index (χ0v) is 9.31. The van der Waals surface area contributed by atoms with E-state index in [4.69, 9.17) is 0 Å². The fourth-order valence-electron chi connectivity index (χ4n) is 2.22. The van der Waals surface area contributed by atoms with Crippen LogP contribution in [-0.4, -0.2) is 14.7 Å². The van der Waals surface area contributed by atoms with E-state index in [1.165, 1.54) is 12.1 Å². The maximum atomic E-state index is 12.8. The molecule has 0 radical (unpaired) electrons. The Bertz CT molecular complexity index is 533. The minimum absolute atomic E-state index is 0.252. The van der Waals surface area contributed by atoms with Crippen molar-refractivity contribution in [2.45, 2.75) is 25.5 Å². The summed E-state index contributed by atoms with van der Waals surface area (Å²) in [5.41, 5.74) is 1.67. The van der Waals surface area contributed by atoms with Gasteiger partial charge in [0.05, 0.1) is 5.69 Å². The maximum absolute atomic E-state index is 12.8. The van der Waals surface area contributed by atoms with Crippen LogP contribution in [0.3, 0.4) is 0 Å². The molecule has 1 aliphatic rings. The molecule has 3 nitrogen and oxygen atoms in total. The molecule has 0 aliphatic carbocycles. The van der Waals surface area contributed by atoms with Crippen molar-refractivity contribution in [2.24, 2.45) is 0 Å². The largest absolute Gasteiger partial charge is 0.385 e. The third-order valence-corrected chi connectivity index (χ3v) is 3.12. The molecule has 1 atom stereocenters. The zero-order valence-electron chi connectivity index (χ0n) is 9.31. The Morgan fingerprint density at radius 2 is 2.06 bits per heavy atom. The standard InChI is InChI=1S/C13H13FN2O/c14-10-5-3-9(4-6-10)11-8-16-7-1-2-12(17)13(16)15-11/h3-6,8,12,17H,1-2,7H2. The van der Waals surface area contributed by atoms with Gasteiger partial charge in [-0.05, 0) is 37.1 Å².